The highest BCUT2D eigenvalue weighted by Gasteiger charge is 2.10. The maximum Gasteiger partial charge on any atom is 0.331 e. The SMILES string of the molecule is CCCCCCCCCCCCC=C(CC(=O)O)C(=O)O. The van der Waals surface area contributed by atoms with Crippen LogP contribution in [0.2, 0.25) is 0 Å². The molecule has 0 radical (unpaired) electrons. The van der Waals surface area contributed by atoms with Crippen LogP contribution in [0.15, 0.2) is 11.6 Å². The standard InChI is InChI=1S/C17H30O4/c1-2-3-4-5-6-7-8-9-10-11-12-13-15(17(20)21)14-16(18)19/h13H,2-12,14H2,1H3,(H,18,19)(H,20,21). The van der Waals surface area contributed by atoms with Gasteiger partial charge in [-0.15, -0.1) is 0 Å². The molecule has 0 aromatic carbocycles. The van der Waals surface area contributed by atoms with Crippen LogP contribution in [0.25, 0.3) is 0 Å². The van der Waals surface area contributed by atoms with Gasteiger partial charge >= 0.3 is 11.9 Å². The van der Waals surface area contributed by atoms with Crippen LogP contribution < -0.4 is 0 Å². The molecule has 0 fully saturated rings. The normalized spacial score (nSPS) is 11.6. The molecule has 0 aromatic heterocycles. The molecule has 2 N–H and O–H groups in total. The Morgan fingerprint density at radius 1 is 0.810 bits per heavy atom. The summed E-state index contributed by atoms with van der Waals surface area (Å²) in [5.74, 6) is -2.21. The van der Waals surface area contributed by atoms with Crippen LogP contribution in [-0.2, 0) is 9.59 Å². The van der Waals surface area contributed by atoms with Crippen molar-refractivity contribution < 1.29 is 19.8 Å². The number of carbonyl (C=O) groups is 2. The summed E-state index contributed by atoms with van der Waals surface area (Å²) in [6, 6.07) is 0. The van der Waals surface area contributed by atoms with Gasteiger partial charge in [-0.1, -0.05) is 70.8 Å². The van der Waals surface area contributed by atoms with E-state index in [4.69, 9.17) is 10.2 Å². The fourth-order valence-corrected chi connectivity index (χ4v) is 2.31. The van der Waals surface area contributed by atoms with Crippen LogP contribution in [0.5, 0.6) is 0 Å². The van der Waals surface area contributed by atoms with Crippen molar-refractivity contribution >= 4 is 11.9 Å². The third-order valence-corrected chi connectivity index (χ3v) is 3.56. The van der Waals surface area contributed by atoms with Crippen LogP contribution in [0.3, 0.4) is 0 Å². The van der Waals surface area contributed by atoms with E-state index in [1.807, 2.05) is 0 Å². The number of aliphatic carboxylic acids is 2. The number of carboxylic acid groups (broad SMARTS) is 2. The van der Waals surface area contributed by atoms with Crippen LogP contribution >= 0.6 is 0 Å². The molecule has 0 aliphatic carbocycles. The van der Waals surface area contributed by atoms with Crippen molar-refractivity contribution in [2.24, 2.45) is 0 Å². The summed E-state index contributed by atoms with van der Waals surface area (Å²) in [5.41, 5.74) is -0.00146. The van der Waals surface area contributed by atoms with Crippen LogP contribution in [0, 0.1) is 0 Å². The van der Waals surface area contributed by atoms with Gasteiger partial charge in [-0.05, 0) is 12.8 Å². The molecule has 0 heterocycles. The molecule has 0 amide bonds. The molecular formula is C17H30O4. The topological polar surface area (TPSA) is 74.6 Å². The Morgan fingerprint density at radius 2 is 1.29 bits per heavy atom. The molecule has 4 nitrogen and oxygen atoms in total. The van der Waals surface area contributed by atoms with E-state index in [0.29, 0.717) is 6.42 Å². The van der Waals surface area contributed by atoms with E-state index >= 15 is 0 Å². The zero-order valence-corrected chi connectivity index (χ0v) is 13.3. The molecule has 0 bridgehead atoms. The Kier molecular flexibility index (Phi) is 12.8. The fourth-order valence-electron chi connectivity index (χ4n) is 2.31. The van der Waals surface area contributed by atoms with Crippen molar-refractivity contribution in [3.63, 3.8) is 0 Å². The first-order valence-corrected chi connectivity index (χ1v) is 8.22. The fraction of sp³-hybridized carbons (Fsp3) is 0.765. The van der Waals surface area contributed by atoms with Gasteiger partial charge < -0.3 is 10.2 Å². The highest BCUT2D eigenvalue weighted by atomic mass is 16.4. The first kappa shape index (κ1) is 19.7. The highest BCUT2D eigenvalue weighted by molar-refractivity contribution is 5.91. The molecule has 122 valence electrons. The second-order valence-corrected chi connectivity index (χ2v) is 5.58. The van der Waals surface area contributed by atoms with E-state index in [2.05, 4.69) is 6.92 Å². The van der Waals surface area contributed by atoms with E-state index in [-0.39, 0.29) is 5.57 Å². The third-order valence-electron chi connectivity index (χ3n) is 3.56. The lowest BCUT2D eigenvalue weighted by Crippen LogP contribution is -2.06. The second-order valence-electron chi connectivity index (χ2n) is 5.58. The molecule has 0 aliphatic rings. The molecule has 21 heavy (non-hydrogen) atoms. The molecule has 0 atom stereocenters. The molecule has 0 aromatic rings. The van der Waals surface area contributed by atoms with Crippen molar-refractivity contribution in [1.82, 2.24) is 0 Å². The summed E-state index contributed by atoms with van der Waals surface area (Å²) in [7, 11) is 0. The lowest BCUT2D eigenvalue weighted by molar-refractivity contribution is -0.139. The van der Waals surface area contributed by atoms with Crippen molar-refractivity contribution in [3.8, 4) is 0 Å². The molecule has 0 unspecified atom stereocenters. The molecular weight excluding hydrogens is 268 g/mol. The quantitative estimate of drug-likeness (QED) is 0.357. The minimum atomic E-state index is -1.12. The van der Waals surface area contributed by atoms with Crippen molar-refractivity contribution in [3.05, 3.63) is 11.6 Å². The minimum Gasteiger partial charge on any atom is -0.481 e. The predicted octanol–water partition coefficient (Wildman–Crippen LogP) is 4.78. The van der Waals surface area contributed by atoms with Crippen molar-refractivity contribution in [1.29, 1.82) is 0 Å². The average Bonchev–Trinajstić information content (AvgIpc) is 2.42. The highest BCUT2D eigenvalue weighted by Crippen LogP contribution is 2.12. The van der Waals surface area contributed by atoms with E-state index in [1.165, 1.54) is 51.4 Å². The first-order valence-electron chi connectivity index (χ1n) is 8.22. The Labute approximate surface area is 128 Å². The number of allylic oxidation sites excluding steroid dienone is 1. The summed E-state index contributed by atoms with van der Waals surface area (Å²) in [4.78, 5) is 21.3. The Balaban J connectivity index is 3.53. The maximum absolute atomic E-state index is 10.8. The first-order chi connectivity index (χ1) is 10.1. The van der Waals surface area contributed by atoms with Gasteiger partial charge in [0.25, 0.3) is 0 Å². The van der Waals surface area contributed by atoms with Gasteiger partial charge in [0.1, 0.15) is 0 Å². The molecule has 4 heteroatoms. The molecule has 0 spiro atoms. The summed E-state index contributed by atoms with van der Waals surface area (Å²) in [5, 5.41) is 17.5. The third kappa shape index (κ3) is 13.4. The molecule has 0 rings (SSSR count). The number of unbranched alkanes of at least 4 members (excludes halogenated alkanes) is 10. The van der Waals surface area contributed by atoms with Gasteiger partial charge in [0.05, 0.1) is 6.42 Å². The number of carboxylic acids is 2. The van der Waals surface area contributed by atoms with Gasteiger partial charge in [-0.25, -0.2) is 4.79 Å². The van der Waals surface area contributed by atoms with E-state index < -0.39 is 18.4 Å². The monoisotopic (exact) mass is 298 g/mol. The smallest absolute Gasteiger partial charge is 0.331 e. The predicted molar refractivity (Wildman–Crippen MR) is 84.4 cm³/mol. The number of hydrogen-bond acceptors (Lipinski definition) is 2. The van der Waals surface area contributed by atoms with E-state index in [0.717, 1.165) is 12.8 Å². The molecule has 0 aliphatic heterocycles. The largest absolute Gasteiger partial charge is 0.481 e. The van der Waals surface area contributed by atoms with Gasteiger partial charge in [0.2, 0.25) is 0 Å². The number of hydrogen-bond donors (Lipinski definition) is 2. The zero-order valence-electron chi connectivity index (χ0n) is 13.3. The number of rotatable bonds is 14. The Morgan fingerprint density at radius 3 is 1.71 bits per heavy atom. The maximum atomic E-state index is 10.8. The van der Waals surface area contributed by atoms with Gasteiger partial charge in [-0.2, -0.15) is 0 Å². The van der Waals surface area contributed by atoms with Crippen molar-refractivity contribution in [2.45, 2.75) is 84.0 Å². The lowest BCUT2D eigenvalue weighted by atomic mass is 10.0. The lowest BCUT2D eigenvalue weighted by Gasteiger charge is -2.02. The Bertz CT molecular complexity index is 321. The van der Waals surface area contributed by atoms with Crippen LogP contribution in [0.4, 0.5) is 0 Å². The molecule has 0 saturated heterocycles. The van der Waals surface area contributed by atoms with Gasteiger partial charge in [0, 0.05) is 5.57 Å². The molecule has 0 saturated carbocycles. The van der Waals surface area contributed by atoms with Crippen LogP contribution in [0.1, 0.15) is 84.0 Å². The summed E-state index contributed by atoms with van der Waals surface area (Å²) in [6.07, 6.45) is 14.2. The summed E-state index contributed by atoms with van der Waals surface area (Å²) in [6.45, 7) is 2.22. The van der Waals surface area contributed by atoms with Crippen molar-refractivity contribution in [2.75, 3.05) is 0 Å². The zero-order chi connectivity index (χ0) is 15.9. The van der Waals surface area contributed by atoms with Gasteiger partial charge in [0.15, 0.2) is 0 Å². The average molecular weight is 298 g/mol. The minimum absolute atomic E-state index is 0.00146. The second kappa shape index (κ2) is 13.7. The van der Waals surface area contributed by atoms with Crippen LogP contribution in [-0.4, -0.2) is 22.2 Å². The van der Waals surface area contributed by atoms with E-state index in [1.54, 1.807) is 6.08 Å². The van der Waals surface area contributed by atoms with E-state index in [9.17, 15) is 9.59 Å². The summed E-state index contributed by atoms with van der Waals surface area (Å²) >= 11 is 0. The Hall–Kier alpha value is -1.32. The van der Waals surface area contributed by atoms with Gasteiger partial charge in [-0.3, -0.25) is 4.79 Å². The summed E-state index contributed by atoms with van der Waals surface area (Å²) < 4.78 is 0.